The zero-order chi connectivity index (χ0) is 14.3. The number of hydrogen-bond donors (Lipinski definition) is 3. The van der Waals surface area contributed by atoms with Crippen molar-refractivity contribution in [3.05, 3.63) is 0 Å². The Kier molecular flexibility index (Phi) is 13.7. The number of hydrogen-bond acceptors (Lipinski definition) is 3. The zero-order valence-electron chi connectivity index (χ0n) is 12.7. The van der Waals surface area contributed by atoms with Gasteiger partial charge in [0.25, 0.3) is 0 Å². The van der Waals surface area contributed by atoms with Crippen LogP contribution >= 0.6 is 11.8 Å². The molecule has 1 atom stereocenters. The van der Waals surface area contributed by atoms with Crippen LogP contribution in [0.25, 0.3) is 0 Å². The van der Waals surface area contributed by atoms with Crippen LogP contribution in [-0.2, 0) is 0 Å². The highest BCUT2D eigenvalue weighted by Crippen LogP contribution is 2.10. The lowest BCUT2D eigenvalue weighted by atomic mass is 10.0. The second-order valence-corrected chi connectivity index (χ2v) is 5.65. The van der Waals surface area contributed by atoms with Gasteiger partial charge in [-0.3, -0.25) is 4.99 Å². The molecule has 0 spiro atoms. The van der Waals surface area contributed by atoms with E-state index in [9.17, 15) is 0 Å². The molecule has 19 heavy (non-hydrogen) atoms. The quantitative estimate of drug-likeness (QED) is 0.310. The van der Waals surface area contributed by atoms with Crippen LogP contribution in [0.5, 0.6) is 0 Å². The van der Waals surface area contributed by atoms with Crippen molar-refractivity contribution in [3.63, 3.8) is 0 Å². The van der Waals surface area contributed by atoms with E-state index < -0.39 is 0 Å². The second kappa shape index (κ2) is 14.0. The molecule has 0 aliphatic carbocycles. The molecule has 1 unspecified atom stereocenters. The van der Waals surface area contributed by atoms with Crippen molar-refractivity contribution in [1.29, 1.82) is 0 Å². The van der Waals surface area contributed by atoms with Gasteiger partial charge in [-0.2, -0.15) is 11.8 Å². The van der Waals surface area contributed by atoms with E-state index in [4.69, 9.17) is 5.11 Å². The van der Waals surface area contributed by atoms with E-state index in [1.807, 2.05) is 11.8 Å². The molecule has 4 nitrogen and oxygen atoms in total. The lowest BCUT2D eigenvalue weighted by Crippen LogP contribution is -2.38. The number of nitrogens with one attached hydrogen (secondary N) is 2. The molecule has 0 aliphatic heterocycles. The van der Waals surface area contributed by atoms with Crippen LogP contribution in [-0.4, -0.2) is 49.3 Å². The van der Waals surface area contributed by atoms with E-state index in [1.165, 1.54) is 5.75 Å². The summed E-state index contributed by atoms with van der Waals surface area (Å²) in [5.74, 6) is 2.58. The molecule has 0 aromatic rings. The fourth-order valence-electron chi connectivity index (χ4n) is 1.90. The van der Waals surface area contributed by atoms with Crippen molar-refractivity contribution < 1.29 is 5.11 Å². The largest absolute Gasteiger partial charge is 0.396 e. The summed E-state index contributed by atoms with van der Waals surface area (Å²) < 4.78 is 0. The molecule has 0 radical (unpaired) electrons. The first-order valence-electron chi connectivity index (χ1n) is 7.40. The summed E-state index contributed by atoms with van der Waals surface area (Å²) in [5, 5.41) is 15.7. The molecule has 0 aliphatic rings. The van der Waals surface area contributed by atoms with Gasteiger partial charge in [0.2, 0.25) is 0 Å². The fourth-order valence-corrected chi connectivity index (χ4v) is 2.34. The Hall–Kier alpha value is -0.420. The summed E-state index contributed by atoms with van der Waals surface area (Å²) >= 11 is 1.87. The van der Waals surface area contributed by atoms with Gasteiger partial charge < -0.3 is 15.7 Å². The predicted octanol–water partition coefficient (Wildman–Crippen LogP) is 2.09. The molecule has 5 heteroatoms. The van der Waals surface area contributed by atoms with Crippen molar-refractivity contribution >= 4 is 17.7 Å². The molecule has 0 amide bonds. The Morgan fingerprint density at radius 2 is 2.05 bits per heavy atom. The van der Waals surface area contributed by atoms with Gasteiger partial charge in [-0.25, -0.2) is 0 Å². The minimum absolute atomic E-state index is 0.262. The highest BCUT2D eigenvalue weighted by Gasteiger charge is 2.07. The van der Waals surface area contributed by atoms with E-state index in [1.54, 1.807) is 0 Å². The van der Waals surface area contributed by atoms with E-state index in [-0.39, 0.29) is 6.61 Å². The van der Waals surface area contributed by atoms with Crippen molar-refractivity contribution in [2.24, 2.45) is 10.9 Å². The fraction of sp³-hybridized carbons (Fsp3) is 0.929. The molecule has 0 aromatic heterocycles. The molecule has 0 saturated carbocycles. The van der Waals surface area contributed by atoms with Gasteiger partial charge in [-0.05, 0) is 44.1 Å². The Labute approximate surface area is 122 Å². The molecule has 0 bridgehead atoms. The number of guanidine groups is 1. The molecular weight excluding hydrogens is 258 g/mol. The summed E-state index contributed by atoms with van der Waals surface area (Å²) in [4.78, 5) is 4.63. The van der Waals surface area contributed by atoms with Crippen LogP contribution in [0.1, 0.15) is 39.5 Å². The maximum Gasteiger partial charge on any atom is 0.191 e. The van der Waals surface area contributed by atoms with Gasteiger partial charge in [0.05, 0.1) is 0 Å². The maximum absolute atomic E-state index is 9.05. The lowest BCUT2D eigenvalue weighted by Gasteiger charge is -2.15. The zero-order valence-corrected chi connectivity index (χ0v) is 13.6. The monoisotopic (exact) mass is 289 g/mol. The molecular formula is C14H31N3OS. The first kappa shape index (κ1) is 18.6. The van der Waals surface area contributed by atoms with Crippen molar-refractivity contribution in [2.45, 2.75) is 39.5 Å². The SMILES string of the molecule is CCCC(CCO)CN=C(NCC)NCCCSC. The Morgan fingerprint density at radius 1 is 1.26 bits per heavy atom. The number of aliphatic hydroxyl groups excluding tert-OH is 1. The standard InChI is InChI=1S/C14H31N3OS/c1-4-7-13(8-10-18)12-17-14(15-5-2)16-9-6-11-19-3/h13,18H,4-12H2,1-3H3,(H2,15,16,17). The van der Waals surface area contributed by atoms with Crippen LogP contribution in [0, 0.1) is 5.92 Å². The van der Waals surface area contributed by atoms with Crippen LogP contribution in [0.4, 0.5) is 0 Å². The molecule has 0 rings (SSSR count). The third kappa shape index (κ3) is 11.1. The minimum atomic E-state index is 0.262. The van der Waals surface area contributed by atoms with Gasteiger partial charge in [-0.15, -0.1) is 0 Å². The van der Waals surface area contributed by atoms with E-state index in [0.29, 0.717) is 5.92 Å². The minimum Gasteiger partial charge on any atom is -0.396 e. The molecule has 3 N–H and O–H groups in total. The highest BCUT2D eigenvalue weighted by molar-refractivity contribution is 7.98. The van der Waals surface area contributed by atoms with E-state index in [2.05, 4.69) is 35.7 Å². The van der Waals surface area contributed by atoms with Gasteiger partial charge in [0.15, 0.2) is 5.96 Å². The van der Waals surface area contributed by atoms with Crippen LogP contribution < -0.4 is 10.6 Å². The predicted molar refractivity (Wildman–Crippen MR) is 87.1 cm³/mol. The molecule has 0 aromatic carbocycles. The molecule has 0 saturated heterocycles. The van der Waals surface area contributed by atoms with Gasteiger partial charge in [0, 0.05) is 26.2 Å². The van der Waals surface area contributed by atoms with Gasteiger partial charge in [0.1, 0.15) is 0 Å². The van der Waals surface area contributed by atoms with Gasteiger partial charge in [-0.1, -0.05) is 13.3 Å². The third-order valence-corrected chi connectivity index (χ3v) is 3.60. The normalized spacial score (nSPS) is 13.4. The number of thioether (sulfide) groups is 1. The van der Waals surface area contributed by atoms with Gasteiger partial charge >= 0.3 is 0 Å². The summed E-state index contributed by atoms with van der Waals surface area (Å²) in [6, 6.07) is 0. The van der Waals surface area contributed by atoms with Crippen LogP contribution in [0.3, 0.4) is 0 Å². The summed E-state index contributed by atoms with van der Waals surface area (Å²) in [6.45, 7) is 7.17. The average molecular weight is 289 g/mol. The summed E-state index contributed by atoms with van der Waals surface area (Å²) in [5.41, 5.74) is 0. The first-order chi connectivity index (χ1) is 9.28. The lowest BCUT2D eigenvalue weighted by molar-refractivity contribution is 0.253. The van der Waals surface area contributed by atoms with Crippen LogP contribution in [0.15, 0.2) is 4.99 Å². The van der Waals surface area contributed by atoms with Crippen molar-refractivity contribution in [1.82, 2.24) is 10.6 Å². The molecule has 114 valence electrons. The topological polar surface area (TPSA) is 56.7 Å². The highest BCUT2D eigenvalue weighted by atomic mass is 32.2. The first-order valence-corrected chi connectivity index (χ1v) is 8.79. The molecule has 0 heterocycles. The Balaban J connectivity index is 4.12. The smallest absolute Gasteiger partial charge is 0.191 e. The van der Waals surface area contributed by atoms with E-state index in [0.717, 1.165) is 51.3 Å². The Morgan fingerprint density at radius 3 is 2.63 bits per heavy atom. The number of nitrogens with zero attached hydrogens (tertiary/aromatic N) is 1. The number of aliphatic hydroxyl groups is 1. The van der Waals surface area contributed by atoms with Crippen molar-refractivity contribution in [3.8, 4) is 0 Å². The Bertz CT molecular complexity index is 219. The van der Waals surface area contributed by atoms with E-state index >= 15 is 0 Å². The number of rotatable bonds is 11. The average Bonchev–Trinajstić information content (AvgIpc) is 2.41. The second-order valence-electron chi connectivity index (χ2n) is 4.66. The van der Waals surface area contributed by atoms with Crippen LogP contribution in [0.2, 0.25) is 0 Å². The maximum atomic E-state index is 9.05. The van der Waals surface area contributed by atoms with Crippen molar-refractivity contribution in [2.75, 3.05) is 38.2 Å². The summed E-state index contributed by atoms with van der Waals surface area (Å²) in [7, 11) is 0. The third-order valence-electron chi connectivity index (χ3n) is 2.90. The molecule has 0 fully saturated rings. The summed E-state index contributed by atoms with van der Waals surface area (Å²) in [6.07, 6.45) is 6.42. The number of aliphatic imine (C=N–C) groups is 1.